The van der Waals surface area contributed by atoms with Gasteiger partial charge in [-0.25, -0.2) is 9.69 Å². The van der Waals surface area contributed by atoms with E-state index < -0.39 is 34.9 Å². The number of imide groups is 1. The van der Waals surface area contributed by atoms with Crippen molar-refractivity contribution in [3.05, 3.63) is 73.2 Å². The van der Waals surface area contributed by atoms with Crippen LogP contribution in [0.25, 0.3) is 0 Å². The smallest absolute Gasteiger partial charge is 0.338 e. The van der Waals surface area contributed by atoms with Crippen molar-refractivity contribution in [1.82, 2.24) is 9.88 Å². The second-order valence-electron chi connectivity index (χ2n) is 9.99. The third-order valence-corrected chi connectivity index (χ3v) is 10.1. The number of thioether (sulfide) groups is 1. The third-order valence-electron chi connectivity index (χ3n) is 7.48. The molecule has 14 heteroatoms. The fourth-order valence-corrected chi connectivity index (χ4v) is 8.19. The van der Waals surface area contributed by atoms with E-state index in [9.17, 15) is 24.0 Å². The van der Waals surface area contributed by atoms with Crippen LogP contribution in [0.15, 0.2) is 52.3 Å². The van der Waals surface area contributed by atoms with Crippen molar-refractivity contribution in [1.29, 1.82) is 0 Å². The van der Waals surface area contributed by atoms with Crippen LogP contribution in [-0.4, -0.2) is 78.3 Å². The molecule has 0 saturated carbocycles. The number of amides is 3. The monoisotopic (exact) mass is 643 g/mol. The van der Waals surface area contributed by atoms with Crippen molar-refractivity contribution in [2.45, 2.75) is 23.1 Å². The van der Waals surface area contributed by atoms with E-state index in [1.165, 1.54) is 24.3 Å². The van der Waals surface area contributed by atoms with Gasteiger partial charge >= 0.3 is 10.8 Å². The van der Waals surface area contributed by atoms with Gasteiger partial charge in [-0.2, -0.15) is 0 Å². The molecular weight excluding hydrogens is 618 g/mol. The zero-order valence-electron chi connectivity index (χ0n) is 22.9. The van der Waals surface area contributed by atoms with Gasteiger partial charge in [0.1, 0.15) is 11.0 Å². The molecule has 0 spiro atoms. The molecule has 2 saturated heterocycles. The van der Waals surface area contributed by atoms with E-state index in [-0.39, 0.29) is 24.0 Å². The van der Waals surface area contributed by atoms with Crippen LogP contribution in [0.5, 0.6) is 5.75 Å². The molecule has 3 amide bonds. The number of aromatic amines is 1. The zero-order valence-corrected chi connectivity index (χ0v) is 25.3. The average molecular weight is 644 g/mol. The first-order valence-corrected chi connectivity index (χ1v) is 15.7. The van der Waals surface area contributed by atoms with Crippen molar-refractivity contribution >= 4 is 64.1 Å². The summed E-state index contributed by atoms with van der Waals surface area (Å²) >= 11 is 8.53. The van der Waals surface area contributed by atoms with E-state index in [0.717, 1.165) is 28.0 Å². The van der Waals surface area contributed by atoms with Gasteiger partial charge in [-0.15, -0.1) is 0 Å². The number of H-pyrrole nitrogens is 1. The van der Waals surface area contributed by atoms with E-state index in [0.29, 0.717) is 63.8 Å². The summed E-state index contributed by atoms with van der Waals surface area (Å²) in [7, 11) is 0. The van der Waals surface area contributed by atoms with Gasteiger partial charge in [0.25, 0.3) is 5.91 Å². The highest BCUT2D eigenvalue weighted by Crippen LogP contribution is 2.54. The van der Waals surface area contributed by atoms with Crippen LogP contribution < -0.4 is 14.5 Å². The summed E-state index contributed by atoms with van der Waals surface area (Å²) in [5.74, 6) is -2.94. The Morgan fingerprint density at radius 1 is 1.07 bits per heavy atom. The molecule has 43 heavy (non-hydrogen) atoms. The van der Waals surface area contributed by atoms with Crippen LogP contribution in [0.3, 0.4) is 0 Å². The summed E-state index contributed by atoms with van der Waals surface area (Å²) in [5.41, 5.74) is 1.10. The fourth-order valence-electron chi connectivity index (χ4n) is 5.50. The number of hydrogen-bond donors (Lipinski definition) is 1. The number of nitrogens with zero attached hydrogens (tertiary/aromatic N) is 2. The number of benzene rings is 2. The maximum absolute atomic E-state index is 14.1. The van der Waals surface area contributed by atoms with Gasteiger partial charge in [-0.05, 0) is 49.4 Å². The van der Waals surface area contributed by atoms with Gasteiger partial charge in [0.2, 0.25) is 11.8 Å². The number of carbonyl (C=O) groups excluding carboxylic acids is 4. The predicted molar refractivity (Wildman–Crippen MR) is 159 cm³/mol. The number of halogens is 1. The van der Waals surface area contributed by atoms with Gasteiger partial charge < -0.3 is 24.1 Å². The molecule has 2 fully saturated rings. The highest BCUT2D eigenvalue weighted by Gasteiger charge is 2.57. The molecule has 4 heterocycles. The number of morpholine rings is 1. The van der Waals surface area contributed by atoms with Crippen LogP contribution in [0.1, 0.15) is 33.6 Å². The van der Waals surface area contributed by atoms with Gasteiger partial charge in [-0.1, -0.05) is 34.7 Å². The highest BCUT2D eigenvalue weighted by molar-refractivity contribution is 8.00. The lowest BCUT2D eigenvalue weighted by Gasteiger charge is -2.31. The van der Waals surface area contributed by atoms with Gasteiger partial charge in [0.15, 0.2) is 6.61 Å². The molecule has 1 aromatic heterocycles. The van der Waals surface area contributed by atoms with E-state index in [1.807, 2.05) is 0 Å². The van der Waals surface area contributed by atoms with E-state index in [2.05, 4.69) is 4.98 Å². The largest absolute Gasteiger partial charge is 0.483 e. The summed E-state index contributed by atoms with van der Waals surface area (Å²) in [5, 5.41) is 0.0169. The molecule has 224 valence electrons. The SMILES string of the molecule is CCOC(=O)c1ccc(N2C(=O)[C@H]3[C@H](c4cc(Cl)ccc4OCC(=O)N4CCOCC4)c4sc(=O)[nH]c4S[C@H]3C2=O)cc1. The Bertz CT molecular complexity index is 1650. The second kappa shape index (κ2) is 12.2. The summed E-state index contributed by atoms with van der Waals surface area (Å²) in [4.78, 5) is 71.2. The molecule has 0 unspecified atom stereocenters. The number of fused-ring (bicyclic) bond motifs is 2. The Hall–Kier alpha value is -3.65. The number of esters is 1. The number of hydrogen-bond acceptors (Lipinski definition) is 10. The van der Waals surface area contributed by atoms with Crippen LogP contribution in [-0.2, 0) is 23.9 Å². The van der Waals surface area contributed by atoms with E-state index >= 15 is 0 Å². The number of ether oxygens (including phenoxy) is 3. The predicted octanol–water partition coefficient (Wildman–Crippen LogP) is 3.30. The Morgan fingerprint density at radius 3 is 2.53 bits per heavy atom. The molecule has 3 aliphatic heterocycles. The summed E-state index contributed by atoms with van der Waals surface area (Å²) < 4.78 is 16.4. The van der Waals surface area contributed by atoms with Crippen molar-refractivity contribution in [2.75, 3.05) is 44.4 Å². The Balaban J connectivity index is 1.35. The minimum Gasteiger partial charge on any atom is -0.483 e. The molecule has 3 aliphatic rings. The Kier molecular flexibility index (Phi) is 8.32. The lowest BCUT2D eigenvalue weighted by molar-refractivity contribution is -0.137. The minimum absolute atomic E-state index is 0.210. The first kappa shape index (κ1) is 29.4. The zero-order chi connectivity index (χ0) is 30.2. The molecule has 3 aromatic rings. The quantitative estimate of drug-likeness (QED) is 0.304. The lowest BCUT2D eigenvalue weighted by Crippen LogP contribution is -2.43. The Labute approximate surface area is 259 Å². The Morgan fingerprint density at radius 2 is 1.81 bits per heavy atom. The maximum atomic E-state index is 14.1. The van der Waals surface area contributed by atoms with Crippen molar-refractivity contribution in [3.63, 3.8) is 0 Å². The molecule has 0 radical (unpaired) electrons. The molecular formula is C29H26ClN3O8S2. The number of anilines is 1. The van der Waals surface area contributed by atoms with E-state index in [4.69, 9.17) is 25.8 Å². The van der Waals surface area contributed by atoms with Crippen LogP contribution in [0.4, 0.5) is 5.69 Å². The number of aromatic nitrogens is 1. The summed E-state index contributed by atoms with van der Waals surface area (Å²) in [6.07, 6.45) is 0. The van der Waals surface area contributed by atoms with Crippen molar-refractivity contribution < 1.29 is 33.4 Å². The summed E-state index contributed by atoms with van der Waals surface area (Å²) in [6.45, 7) is 3.51. The van der Waals surface area contributed by atoms with Crippen molar-refractivity contribution in [2.24, 2.45) is 5.92 Å². The third kappa shape index (κ3) is 5.57. The first-order chi connectivity index (χ1) is 20.8. The molecule has 11 nitrogen and oxygen atoms in total. The minimum atomic E-state index is -0.892. The van der Waals surface area contributed by atoms with Gasteiger partial charge in [0.05, 0.1) is 42.0 Å². The van der Waals surface area contributed by atoms with Crippen LogP contribution >= 0.6 is 34.7 Å². The van der Waals surface area contributed by atoms with Gasteiger partial charge in [-0.3, -0.25) is 19.2 Å². The molecule has 6 rings (SSSR count). The van der Waals surface area contributed by atoms with Crippen molar-refractivity contribution in [3.8, 4) is 5.75 Å². The molecule has 1 N–H and O–H groups in total. The number of carbonyl (C=O) groups is 4. The highest BCUT2D eigenvalue weighted by atomic mass is 35.5. The average Bonchev–Trinajstić information content (AvgIpc) is 3.50. The molecule has 2 aromatic carbocycles. The summed E-state index contributed by atoms with van der Waals surface area (Å²) in [6, 6.07) is 11.0. The normalized spacial score (nSPS) is 21.4. The first-order valence-electron chi connectivity index (χ1n) is 13.6. The molecule has 3 atom stereocenters. The standard InChI is InChI=1S/C29H26ClN3O8S2/c1-2-40-28(37)15-3-6-17(7-4-15)33-26(35)22-21(23-25(31-29(38)43-23)42-24(22)27(33)36)18-13-16(30)5-8-19(18)41-14-20(34)32-9-11-39-12-10-32/h3-8,13,21-22,24H,2,9-12,14H2,1H3,(H,31,38)/t21-,22-,24+/m0/s1. The van der Waals surface area contributed by atoms with Crippen LogP contribution in [0.2, 0.25) is 5.02 Å². The second-order valence-corrected chi connectivity index (χ2v) is 12.6. The number of thiazole rings is 1. The fraction of sp³-hybridized carbons (Fsp3) is 0.345. The maximum Gasteiger partial charge on any atom is 0.338 e. The van der Waals surface area contributed by atoms with Crippen LogP contribution in [0, 0.1) is 5.92 Å². The number of rotatable bonds is 7. The van der Waals surface area contributed by atoms with E-state index in [1.54, 1.807) is 30.0 Å². The molecule has 0 bridgehead atoms. The number of nitrogens with one attached hydrogen (secondary N) is 1. The topological polar surface area (TPSA) is 135 Å². The molecule has 0 aliphatic carbocycles. The lowest BCUT2D eigenvalue weighted by atomic mass is 9.82. The van der Waals surface area contributed by atoms with Gasteiger partial charge in [0, 0.05) is 34.5 Å².